The highest BCUT2D eigenvalue weighted by molar-refractivity contribution is 6.31. The minimum absolute atomic E-state index is 0.141. The summed E-state index contributed by atoms with van der Waals surface area (Å²) in [4.78, 5) is 28.1. The van der Waals surface area contributed by atoms with Crippen LogP contribution in [0.25, 0.3) is 0 Å². The summed E-state index contributed by atoms with van der Waals surface area (Å²) in [5.74, 6) is -1.00. The monoisotopic (exact) mass is 546 g/mol. The van der Waals surface area contributed by atoms with Crippen LogP contribution in [0.4, 0.5) is 11.4 Å². The molecule has 6 nitrogen and oxygen atoms in total. The molecule has 2 amide bonds. The van der Waals surface area contributed by atoms with Gasteiger partial charge in [0.25, 0.3) is 0 Å². The van der Waals surface area contributed by atoms with E-state index in [1.54, 1.807) is 42.5 Å². The van der Waals surface area contributed by atoms with Gasteiger partial charge in [-0.3, -0.25) is 9.59 Å². The molecule has 0 radical (unpaired) electrons. The molecule has 1 spiro atoms. The van der Waals surface area contributed by atoms with Crippen LogP contribution in [-0.2, 0) is 15.0 Å². The maximum atomic E-state index is 14.1. The lowest BCUT2D eigenvalue weighted by molar-refractivity contribution is -0.122. The van der Waals surface area contributed by atoms with Crippen molar-refractivity contribution in [3.63, 3.8) is 0 Å². The third-order valence-corrected chi connectivity index (χ3v) is 7.86. The minimum Gasteiger partial charge on any atom is -0.325 e. The summed E-state index contributed by atoms with van der Waals surface area (Å²) in [7, 11) is 0. The number of halogens is 2. The highest BCUT2D eigenvalue weighted by Gasteiger charge is 2.65. The quantitative estimate of drug-likeness (QED) is 0.360. The number of carbonyl (C=O) groups excluding carboxylic acids is 2. The molecular formula is C30H28Cl2N4O2. The first-order valence-electron chi connectivity index (χ1n) is 12.5. The van der Waals surface area contributed by atoms with Crippen molar-refractivity contribution in [1.29, 1.82) is 5.26 Å². The fraction of sp³-hybridized carbons (Fsp3) is 0.300. The first kappa shape index (κ1) is 26.2. The summed E-state index contributed by atoms with van der Waals surface area (Å²) in [5.41, 5.74) is 2.11. The van der Waals surface area contributed by atoms with Gasteiger partial charge in [-0.15, -0.1) is 0 Å². The minimum atomic E-state index is -1.08. The SMILES string of the molecule is CC(C)(C)CC1NC(C(=O)Nc2ccc(C#N)cc2)C(c2cccc(Cl)c2)C12C(=O)Nc1cc(Cl)ccc12. The molecule has 0 aliphatic carbocycles. The second-order valence-corrected chi connectivity index (χ2v) is 12.1. The molecule has 2 heterocycles. The molecular weight excluding hydrogens is 519 g/mol. The van der Waals surface area contributed by atoms with Gasteiger partial charge in [0.15, 0.2) is 0 Å². The highest BCUT2D eigenvalue weighted by Crippen LogP contribution is 2.56. The predicted octanol–water partition coefficient (Wildman–Crippen LogP) is 6.25. The highest BCUT2D eigenvalue weighted by atomic mass is 35.5. The van der Waals surface area contributed by atoms with Gasteiger partial charge in [0.1, 0.15) is 5.41 Å². The Morgan fingerprint density at radius 1 is 1.05 bits per heavy atom. The van der Waals surface area contributed by atoms with Gasteiger partial charge >= 0.3 is 0 Å². The molecule has 3 aromatic rings. The van der Waals surface area contributed by atoms with E-state index in [9.17, 15) is 9.59 Å². The van der Waals surface area contributed by atoms with E-state index in [0.29, 0.717) is 33.4 Å². The summed E-state index contributed by atoms with van der Waals surface area (Å²) in [6.07, 6.45) is 0.639. The Bertz CT molecular complexity index is 1460. The number of nitriles is 1. The number of nitrogens with zero attached hydrogens (tertiary/aromatic N) is 1. The van der Waals surface area contributed by atoms with Gasteiger partial charge in [0.2, 0.25) is 11.8 Å². The first-order chi connectivity index (χ1) is 18.0. The maximum Gasteiger partial charge on any atom is 0.242 e. The van der Waals surface area contributed by atoms with Crippen molar-refractivity contribution in [2.75, 3.05) is 10.6 Å². The van der Waals surface area contributed by atoms with E-state index in [-0.39, 0.29) is 23.3 Å². The molecule has 0 aromatic heterocycles. The third-order valence-electron chi connectivity index (χ3n) is 7.39. The first-order valence-corrected chi connectivity index (χ1v) is 13.2. The summed E-state index contributed by atoms with van der Waals surface area (Å²) in [5, 5.41) is 19.8. The van der Waals surface area contributed by atoms with Gasteiger partial charge in [-0.25, -0.2) is 0 Å². The van der Waals surface area contributed by atoms with E-state index >= 15 is 0 Å². The van der Waals surface area contributed by atoms with E-state index in [1.807, 2.05) is 24.3 Å². The van der Waals surface area contributed by atoms with Crippen LogP contribution in [0.15, 0.2) is 66.7 Å². The molecule has 194 valence electrons. The number of rotatable bonds is 4. The van der Waals surface area contributed by atoms with Crippen molar-refractivity contribution in [2.24, 2.45) is 5.41 Å². The average molecular weight is 547 g/mol. The Kier molecular flexibility index (Phi) is 6.73. The van der Waals surface area contributed by atoms with Gasteiger partial charge in [0.05, 0.1) is 17.7 Å². The van der Waals surface area contributed by atoms with Crippen LogP contribution in [0.5, 0.6) is 0 Å². The molecule has 3 N–H and O–H groups in total. The molecule has 2 aliphatic heterocycles. The largest absolute Gasteiger partial charge is 0.325 e. The number of nitrogens with one attached hydrogen (secondary N) is 3. The van der Waals surface area contributed by atoms with Crippen LogP contribution in [0.3, 0.4) is 0 Å². The smallest absolute Gasteiger partial charge is 0.242 e. The summed E-state index contributed by atoms with van der Waals surface area (Å²) >= 11 is 12.7. The van der Waals surface area contributed by atoms with Gasteiger partial charge in [-0.2, -0.15) is 5.26 Å². The van der Waals surface area contributed by atoms with Crippen molar-refractivity contribution in [1.82, 2.24) is 5.32 Å². The lowest BCUT2D eigenvalue weighted by Gasteiger charge is -2.37. The molecule has 0 saturated carbocycles. The van der Waals surface area contributed by atoms with Gasteiger partial charge in [-0.05, 0) is 71.5 Å². The lowest BCUT2D eigenvalue weighted by Crippen LogP contribution is -2.49. The predicted molar refractivity (Wildman–Crippen MR) is 151 cm³/mol. The Labute approximate surface area is 232 Å². The Hall–Kier alpha value is -3.37. The van der Waals surface area contributed by atoms with Gasteiger partial charge in [0, 0.05) is 33.4 Å². The van der Waals surface area contributed by atoms with E-state index < -0.39 is 17.4 Å². The fourth-order valence-corrected chi connectivity index (χ4v) is 6.34. The molecule has 8 heteroatoms. The summed E-state index contributed by atoms with van der Waals surface area (Å²) < 4.78 is 0. The topological polar surface area (TPSA) is 94.0 Å². The van der Waals surface area contributed by atoms with E-state index in [1.165, 1.54) is 0 Å². The van der Waals surface area contributed by atoms with E-state index in [4.69, 9.17) is 28.5 Å². The molecule has 4 atom stereocenters. The molecule has 2 aliphatic rings. The number of hydrogen-bond donors (Lipinski definition) is 3. The van der Waals surface area contributed by atoms with Crippen molar-refractivity contribution < 1.29 is 9.59 Å². The number of hydrogen-bond acceptors (Lipinski definition) is 4. The number of anilines is 2. The number of carbonyl (C=O) groups is 2. The molecule has 38 heavy (non-hydrogen) atoms. The average Bonchev–Trinajstić information content (AvgIpc) is 3.33. The van der Waals surface area contributed by atoms with Crippen LogP contribution < -0.4 is 16.0 Å². The third kappa shape index (κ3) is 4.56. The van der Waals surface area contributed by atoms with Crippen molar-refractivity contribution in [2.45, 2.75) is 50.6 Å². The van der Waals surface area contributed by atoms with E-state index in [2.05, 4.69) is 42.8 Å². The van der Waals surface area contributed by atoms with E-state index in [0.717, 1.165) is 11.1 Å². The van der Waals surface area contributed by atoms with Crippen molar-refractivity contribution in [3.8, 4) is 6.07 Å². The second kappa shape index (κ2) is 9.74. The van der Waals surface area contributed by atoms with Crippen LogP contribution in [0.2, 0.25) is 10.0 Å². The van der Waals surface area contributed by atoms with Crippen LogP contribution in [-0.4, -0.2) is 23.9 Å². The number of benzene rings is 3. The molecule has 0 bridgehead atoms. The molecule has 1 fully saturated rings. The normalized spacial score (nSPS) is 24.1. The van der Waals surface area contributed by atoms with Crippen molar-refractivity contribution in [3.05, 3.63) is 93.5 Å². The summed E-state index contributed by atoms with van der Waals surface area (Å²) in [6.45, 7) is 6.36. The van der Waals surface area contributed by atoms with Crippen LogP contribution in [0.1, 0.15) is 49.8 Å². The molecule has 4 unspecified atom stereocenters. The standard InChI is InChI=1S/C30H28Cl2N4O2/c1-29(2,3)15-24-30(22-12-9-20(32)14-23(22)35-28(30)38)25(18-5-4-6-19(31)13-18)26(36-24)27(37)34-21-10-7-17(16-33)8-11-21/h4-14,24-26,36H,15H2,1-3H3,(H,34,37)(H,35,38). The Balaban J connectivity index is 1.68. The zero-order chi connectivity index (χ0) is 27.2. The Morgan fingerprint density at radius 3 is 2.42 bits per heavy atom. The number of amides is 2. The van der Waals surface area contributed by atoms with Crippen LogP contribution in [0, 0.1) is 16.7 Å². The number of fused-ring (bicyclic) bond motifs is 2. The Morgan fingerprint density at radius 2 is 1.76 bits per heavy atom. The fourth-order valence-electron chi connectivity index (χ4n) is 5.97. The molecule has 1 saturated heterocycles. The zero-order valence-corrected chi connectivity index (χ0v) is 22.8. The van der Waals surface area contributed by atoms with Gasteiger partial charge < -0.3 is 16.0 Å². The maximum absolute atomic E-state index is 14.1. The lowest BCUT2D eigenvalue weighted by atomic mass is 9.62. The van der Waals surface area contributed by atoms with Gasteiger partial charge in [-0.1, -0.05) is 62.2 Å². The summed E-state index contributed by atoms with van der Waals surface area (Å²) in [6, 6.07) is 20.5. The molecule has 3 aromatic carbocycles. The molecule has 5 rings (SSSR count). The zero-order valence-electron chi connectivity index (χ0n) is 21.3. The van der Waals surface area contributed by atoms with Crippen molar-refractivity contribution >= 4 is 46.4 Å². The second-order valence-electron chi connectivity index (χ2n) is 11.2. The van der Waals surface area contributed by atoms with Crippen LogP contribution >= 0.6 is 23.2 Å².